The Kier molecular flexibility index (Phi) is 4.48. The van der Waals surface area contributed by atoms with Crippen molar-refractivity contribution < 1.29 is 9.53 Å². The van der Waals surface area contributed by atoms with Crippen LogP contribution in [0.2, 0.25) is 0 Å². The Balaban J connectivity index is 1.54. The molecule has 4 rings (SSSR count). The molecular weight excluding hydrogens is 358 g/mol. The summed E-state index contributed by atoms with van der Waals surface area (Å²) in [5.41, 5.74) is 4.32. The molecule has 28 heavy (non-hydrogen) atoms. The van der Waals surface area contributed by atoms with Crippen LogP contribution in [0.3, 0.4) is 0 Å². The zero-order chi connectivity index (χ0) is 19.7. The minimum atomic E-state index is -0.330. The van der Waals surface area contributed by atoms with E-state index in [0.717, 1.165) is 34.0 Å². The van der Waals surface area contributed by atoms with Gasteiger partial charge in [-0.2, -0.15) is 5.10 Å². The molecule has 9 heteroatoms. The molecular formula is C19H19N7O2. The lowest BCUT2D eigenvalue weighted by atomic mass is 10.1. The van der Waals surface area contributed by atoms with Crippen molar-refractivity contribution in [2.75, 3.05) is 7.11 Å². The number of nitrogens with one attached hydrogen (secondary N) is 2. The average molecular weight is 377 g/mol. The van der Waals surface area contributed by atoms with E-state index < -0.39 is 0 Å². The van der Waals surface area contributed by atoms with Crippen molar-refractivity contribution in [2.45, 2.75) is 20.4 Å². The Morgan fingerprint density at radius 3 is 2.75 bits per heavy atom. The number of fused-ring (bicyclic) bond motifs is 1. The van der Waals surface area contributed by atoms with Crippen molar-refractivity contribution in [1.82, 2.24) is 35.1 Å². The van der Waals surface area contributed by atoms with Gasteiger partial charge in [0.15, 0.2) is 0 Å². The summed E-state index contributed by atoms with van der Waals surface area (Å²) in [6.07, 6.45) is 1.69. The maximum atomic E-state index is 12.7. The van der Waals surface area contributed by atoms with E-state index >= 15 is 0 Å². The van der Waals surface area contributed by atoms with E-state index in [2.05, 4.69) is 30.7 Å². The molecule has 0 saturated heterocycles. The van der Waals surface area contributed by atoms with Crippen LogP contribution in [0.1, 0.15) is 27.6 Å². The summed E-state index contributed by atoms with van der Waals surface area (Å²) in [7, 11) is 1.62. The molecule has 0 fully saturated rings. The van der Waals surface area contributed by atoms with Crippen molar-refractivity contribution in [1.29, 1.82) is 0 Å². The fourth-order valence-electron chi connectivity index (χ4n) is 3.08. The molecule has 142 valence electrons. The SMILES string of the molecule is COc1ccc(-c2[nH]ncc2CNC(=O)c2nnc3nc(C)cc(C)n23)cc1. The Labute approximate surface area is 160 Å². The number of methoxy groups -OCH3 is 1. The molecule has 0 bridgehead atoms. The lowest BCUT2D eigenvalue weighted by molar-refractivity contribution is 0.0939. The van der Waals surface area contributed by atoms with Crippen LogP contribution >= 0.6 is 0 Å². The molecule has 0 atom stereocenters. The van der Waals surface area contributed by atoms with Crippen LogP contribution in [0, 0.1) is 13.8 Å². The highest BCUT2D eigenvalue weighted by atomic mass is 16.5. The molecule has 0 spiro atoms. The van der Waals surface area contributed by atoms with Crippen molar-refractivity contribution in [2.24, 2.45) is 0 Å². The van der Waals surface area contributed by atoms with Gasteiger partial charge in [-0.3, -0.25) is 14.3 Å². The lowest BCUT2D eigenvalue weighted by Gasteiger charge is -2.07. The first-order valence-electron chi connectivity index (χ1n) is 8.71. The van der Waals surface area contributed by atoms with Crippen LogP contribution in [0.25, 0.3) is 17.0 Å². The molecule has 0 unspecified atom stereocenters. The highest BCUT2D eigenvalue weighted by molar-refractivity contribution is 5.91. The third kappa shape index (κ3) is 3.18. The summed E-state index contributed by atoms with van der Waals surface area (Å²) < 4.78 is 6.83. The van der Waals surface area contributed by atoms with Crippen LogP contribution in [0.4, 0.5) is 0 Å². The van der Waals surface area contributed by atoms with Gasteiger partial charge >= 0.3 is 0 Å². The van der Waals surface area contributed by atoms with E-state index in [9.17, 15) is 4.79 Å². The zero-order valence-electron chi connectivity index (χ0n) is 15.7. The van der Waals surface area contributed by atoms with Gasteiger partial charge in [0.1, 0.15) is 5.75 Å². The van der Waals surface area contributed by atoms with Crippen molar-refractivity contribution >= 4 is 11.7 Å². The zero-order valence-corrected chi connectivity index (χ0v) is 15.7. The first-order chi connectivity index (χ1) is 13.6. The first-order valence-corrected chi connectivity index (χ1v) is 8.71. The number of ether oxygens (including phenoxy) is 1. The number of aromatic amines is 1. The smallest absolute Gasteiger partial charge is 0.289 e. The van der Waals surface area contributed by atoms with Crippen LogP contribution in [0.5, 0.6) is 5.75 Å². The third-order valence-electron chi connectivity index (χ3n) is 4.43. The average Bonchev–Trinajstić information content (AvgIpc) is 3.33. The molecule has 0 aliphatic carbocycles. The summed E-state index contributed by atoms with van der Waals surface area (Å²) >= 11 is 0. The van der Waals surface area contributed by atoms with Crippen molar-refractivity contribution in [3.05, 3.63) is 59.3 Å². The van der Waals surface area contributed by atoms with E-state index in [1.54, 1.807) is 17.7 Å². The Morgan fingerprint density at radius 2 is 2.00 bits per heavy atom. The third-order valence-corrected chi connectivity index (χ3v) is 4.43. The first kappa shape index (κ1) is 17.7. The van der Waals surface area contributed by atoms with Gasteiger partial charge in [0.05, 0.1) is 19.0 Å². The molecule has 2 N–H and O–H groups in total. The molecule has 0 saturated carbocycles. The number of H-pyrrole nitrogens is 1. The van der Waals surface area contributed by atoms with Gasteiger partial charge < -0.3 is 10.1 Å². The second-order valence-corrected chi connectivity index (χ2v) is 6.38. The molecule has 1 amide bonds. The van der Waals surface area contributed by atoms with Gasteiger partial charge in [-0.05, 0) is 44.2 Å². The lowest BCUT2D eigenvalue weighted by Crippen LogP contribution is -2.25. The molecule has 3 heterocycles. The number of carbonyl (C=O) groups is 1. The predicted molar refractivity (Wildman–Crippen MR) is 102 cm³/mol. The number of rotatable bonds is 5. The molecule has 0 radical (unpaired) electrons. The maximum absolute atomic E-state index is 12.7. The van der Waals surface area contributed by atoms with Gasteiger partial charge in [0.25, 0.3) is 11.7 Å². The summed E-state index contributed by atoms with van der Waals surface area (Å²) in [5.74, 6) is 1.05. The van der Waals surface area contributed by atoms with Crippen molar-refractivity contribution in [3.63, 3.8) is 0 Å². The monoisotopic (exact) mass is 377 g/mol. The minimum Gasteiger partial charge on any atom is -0.497 e. The van der Waals surface area contributed by atoms with Gasteiger partial charge in [-0.1, -0.05) is 0 Å². The normalized spacial score (nSPS) is 11.0. The van der Waals surface area contributed by atoms with E-state index in [1.807, 2.05) is 44.2 Å². The number of benzene rings is 1. The number of hydrogen-bond donors (Lipinski definition) is 2. The van der Waals surface area contributed by atoms with E-state index in [1.165, 1.54) is 0 Å². The summed E-state index contributed by atoms with van der Waals surface area (Å²) in [6, 6.07) is 9.49. The number of carbonyl (C=O) groups excluding carboxylic acids is 1. The Hall–Kier alpha value is -3.75. The molecule has 4 aromatic rings. The number of amides is 1. The van der Waals surface area contributed by atoms with E-state index in [4.69, 9.17) is 4.74 Å². The second kappa shape index (κ2) is 7.10. The van der Waals surface area contributed by atoms with Crippen molar-refractivity contribution in [3.8, 4) is 17.0 Å². The van der Waals surface area contributed by atoms with Gasteiger partial charge in [0, 0.05) is 29.1 Å². The van der Waals surface area contributed by atoms with Crippen LogP contribution in [-0.4, -0.2) is 42.8 Å². The molecule has 3 aromatic heterocycles. The Bertz CT molecular complexity index is 1150. The quantitative estimate of drug-likeness (QED) is 0.551. The standard InChI is InChI=1S/C19H19N7O2/c1-11-8-12(2)26-17(24-25-19(26)22-11)18(27)20-9-14-10-21-23-16(14)13-4-6-15(28-3)7-5-13/h4-8,10H,9H2,1-3H3,(H,20,27)(H,21,23). The van der Waals surface area contributed by atoms with Crippen LogP contribution in [-0.2, 0) is 6.54 Å². The minimum absolute atomic E-state index is 0.203. The molecule has 0 aliphatic rings. The Morgan fingerprint density at radius 1 is 1.21 bits per heavy atom. The summed E-state index contributed by atoms with van der Waals surface area (Å²) in [6.45, 7) is 4.06. The fourth-order valence-corrected chi connectivity index (χ4v) is 3.08. The molecule has 9 nitrogen and oxygen atoms in total. The summed E-state index contributed by atoms with van der Waals surface area (Å²) in [5, 5.41) is 18.0. The fraction of sp³-hybridized carbons (Fsp3) is 0.211. The van der Waals surface area contributed by atoms with E-state index in [-0.39, 0.29) is 11.7 Å². The number of hydrogen-bond acceptors (Lipinski definition) is 6. The maximum Gasteiger partial charge on any atom is 0.289 e. The van der Waals surface area contributed by atoms with E-state index in [0.29, 0.717) is 12.3 Å². The van der Waals surface area contributed by atoms with Crippen LogP contribution < -0.4 is 10.1 Å². The topological polar surface area (TPSA) is 110 Å². The molecule has 1 aromatic carbocycles. The number of nitrogens with zero attached hydrogens (tertiary/aromatic N) is 5. The van der Waals surface area contributed by atoms with Gasteiger partial charge in [0.2, 0.25) is 5.82 Å². The largest absolute Gasteiger partial charge is 0.497 e. The van der Waals surface area contributed by atoms with Crippen LogP contribution in [0.15, 0.2) is 36.5 Å². The number of aryl methyl sites for hydroxylation is 2. The van der Waals surface area contributed by atoms with Gasteiger partial charge in [-0.15, -0.1) is 10.2 Å². The summed E-state index contributed by atoms with van der Waals surface area (Å²) in [4.78, 5) is 17.0. The van der Waals surface area contributed by atoms with Gasteiger partial charge in [-0.25, -0.2) is 4.98 Å². The molecule has 0 aliphatic heterocycles. The highest BCUT2D eigenvalue weighted by Gasteiger charge is 2.18. The second-order valence-electron chi connectivity index (χ2n) is 6.38. The predicted octanol–water partition coefficient (Wildman–Crippen LogP) is 2.07. The number of aromatic nitrogens is 6. The highest BCUT2D eigenvalue weighted by Crippen LogP contribution is 2.23.